The molecule has 108 valence electrons. The van der Waals surface area contributed by atoms with Gasteiger partial charge in [0.1, 0.15) is 5.75 Å². The van der Waals surface area contributed by atoms with Gasteiger partial charge >= 0.3 is 6.03 Å². The number of methoxy groups -OCH3 is 1. The fourth-order valence-electron chi connectivity index (χ4n) is 2.31. The predicted octanol–water partition coefficient (Wildman–Crippen LogP) is 2.57. The number of carbonyl (C=O) groups excluding carboxylic acids is 2. The standard InChI is InChI=1S/C15H20N2O3/c1-9(2)11-7-12(10(3)13(8-11)20-4)17-6-5-14(18)16-15(17)19/h7-9H,5-6H2,1-4H3,(H,16,18,19). The van der Waals surface area contributed by atoms with Gasteiger partial charge in [0.25, 0.3) is 0 Å². The van der Waals surface area contributed by atoms with Crippen molar-refractivity contribution in [1.29, 1.82) is 0 Å². The molecule has 0 unspecified atom stereocenters. The van der Waals surface area contributed by atoms with E-state index >= 15 is 0 Å². The Hall–Kier alpha value is -2.04. The summed E-state index contributed by atoms with van der Waals surface area (Å²) in [7, 11) is 1.62. The van der Waals surface area contributed by atoms with Gasteiger partial charge in [-0.15, -0.1) is 0 Å². The van der Waals surface area contributed by atoms with Gasteiger partial charge in [-0.2, -0.15) is 0 Å². The van der Waals surface area contributed by atoms with Gasteiger partial charge in [-0.05, 0) is 30.5 Å². The molecule has 1 aliphatic rings. The minimum Gasteiger partial charge on any atom is -0.496 e. The van der Waals surface area contributed by atoms with Crippen LogP contribution in [0.25, 0.3) is 0 Å². The number of nitrogens with zero attached hydrogens (tertiary/aromatic N) is 1. The van der Waals surface area contributed by atoms with Crippen LogP contribution in [-0.4, -0.2) is 25.6 Å². The molecule has 0 bridgehead atoms. The Labute approximate surface area is 118 Å². The molecule has 0 spiro atoms. The van der Waals surface area contributed by atoms with Gasteiger partial charge in [0, 0.05) is 18.5 Å². The minimum absolute atomic E-state index is 0.226. The van der Waals surface area contributed by atoms with Crippen molar-refractivity contribution < 1.29 is 14.3 Å². The lowest BCUT2D eigenvalue weighted by Crippen LogP contribution is -2.49. The number of rotatable bonds is 3. The fraction of sp³-hybridized carbons (Fsp3) is 0.467. The second-order valence-electron chi connectivity index (χ2n) is 5.28. The Balaban J connectivity index is 2.47. The number of hydrogen-bond acceptors (Lipinski definition) is 3. The number of urea groups is 1. The van der Waals surface area contributed by atoms with Gasteiger partial charge in [0.2, 0.25) is 5.91 Å². The van der Waals surface area contributed by atoms with Crippen molar-refractivity contribution in [3.63, 3.8) is 0 Å². The van der Waals surface area contributed by atoms with Crippen LogP contribution in [0.2, 0.25) is 0 Å². The van der Waals surface area contributed by atoms with E-state index < -0.39 is 0 Å². The van der Waals surface area contributed by atoms with Crippen LogP contribution < -0.4 is 15.0 Å². The van der Waals surface area contributed by atoms with Gasteiger partial charge in [0.05, 0.1) is 12.8 Å². The summed E-state index contributed by atoms with van der Waals surface area (Å²) in [6.07, 6.45) is 0.319. The molecule has 5 heteroatoms. The SMILES string of the molecule is COc1cc(C(C)C)cc(N2CCC(=O)NC2=O)c1C. The summed E-state index contributed by atoms with van der Waals surface area (Å²) in [4.78, 5) is 24.8. The van der Waals surface area contributed by atoms with E-state index in [1.807, 2.05) is 19.1 Å². The molecule has 1 aliphatic heterocycles. The van der Waals surface area contributed by atoms with Crippen LogP contribution in [0.15, 0.2) is 12.1 Å². The van der Waals surface area contributed by atoms with Crippen molar-refractivity contribution in [1.82, 2.24) is 5.32 Å². The normalized spacial score (nSPS) is 15.6. The van der Waals surface area contributed by atoms with E-state index in [-0.39, 0.29) is 11.9 Å². The lowest BCUT2D eigenvalue weighted by atomic mass is 9.99. The number of amides is 3. The van der Waals surface area contributed by atoms with E-state index in [1.165, 1.54) is 0 Å². The molecule has 1 heterocycles. The molecule has 0 atom stereocenters. The first-order chi connectivity index (χ1) is 9.43. The Morgan fingerprint density at radius 2 is 2.00 bits per heavy atom. The molecule has 3 amide bonds. The number of hydrogen-bond donors (Lipinski definition) is 1. The molecule has 1 fully saturated rings. The van der Waals surface area contributed by atoms with Crippen molar-refractivity contribution in [2.75, 3.05) is 18.6 Å². The van der Waals surface area contributed by atoms with E-state index in [2.05, 4.69) is 19.2 Å². The molecule has 20 heavy (non-hydrogen) atoms. The average Bonchev–Trinajstić information content (AvgIpc) is 2.39. The van der Waals surface area contributed by atoms with E-state index in [9.17, 15) is 9.59 Å². The van der Waals surface area contributed by atoms with Gasteiger partial charge in [0.15, 0.2) is 0 Å². The second kappa shape index (κ2) is 5.53. The molecule has 0 aromatic heterocycles. The molecule has 1 aromatic carbocycles. The first-order valence-corrected chi connectivity index (χ1v) is 6.74. The zero-order valence-corrected chi connectivity index (χ0v) is 12.3. The summed E-state index contributed by atoms with van der Waals surface area (Å²) < 4.78 is 5.40. The molecule has 0 saturated carbocycles. The average molecular weight is 276 g/mol. The summed E-state index contributed by atoms with van der Waals surface area (Å²) >= 11 is 0. The predicted molar refractivity (Wildman–Crippen MR) is 77.3 cm³/mol. The number of imide groups is 1. The molecule has 1 saturated heterocycles. The minimum atomic E-state index is -0.368. The first-order valence-electron chi connectivity index (χ1n) is 6.74. The van der Waals surface area contributed by atoms with Crippen LogP contribution in [0, 0.1) is 6.92 Å². The van der Waals surface area contributed by atoms with Crippen LogP contribution in [0.4, 0.5) is 10.5 Å². The molecule has 0 radical (unpaired) electrons. The lowest BCUT2D eigenvalue weighted by molar-refractivity contribution is -0.120. The van der Waals surface area contributed by atoms with E-state index in [1.54, 1.807) is 12.0 Å². The quantitative estimate of drug-likeness (QED) is 0.923. The molecular weight excluding hydrogens is 256 g/mol. The summed E-state index contributed by atoms with van der Waals surface area (Å²) in [6.45, 7) is 6.50. The van der Waals surface area contributed by atoms with Crippen LogP contribution in [0.1, 0.15) is 37.3 Å². The Kier molecular flexibility index (Phi) is 3.97. The summed E-state index contributed by atoms with van der Waals surface area (Å²) in [5.41, 5.74) is 2.81. The highest BCUT2D eigenvalue weighted by molar-refractivity contribution is 6.06. The van der Waals surface area contributed by atoms with Gasteiger partial charge in [-0.25, -0.2) is 4.79 Å². The van der Waals surface area contributed by atoms with Crippen molar-refractivity contribution in [2.24, 2.45) is 0 Å². The van der Waals surface area contributed by atoms with E-state index in [0.717, 1.165) is 22.6 Å². The van der Waals surface area contributed by atoms with Gasteiger partial charge in [-0.3, -0.25) is 15.0 Å². The fourth-order valence-corrected chi connectivity index (χ4v) is 2.31. The maximum Gasteiger partial charge on any atom is 0.328 e. The zero-order chi connectivity index (χ0) is 14.9. The third-order valence-electron chi connectivity index (χ3n) is 3.59. The summed E-state index contributed by atoms with van der Waals surface area (Å²) in [6, 6.07) is 3.63. The Morgan fingerprint density at radius 3 is 2.55 bits per heavy atom. The number of carbonyl (C=O) groups is 2. The van der Waals surface area contributed by atoms with E-state index in [4.69, 9.17) is 4.74 Å². The molecule has 2 rings (SSSR count). The zero-order valence-electron chi connectivity index (χ0n) is 12.3. The number of nitrogens with one attached hydrogen (secondary N) is 1. The summed E-state index contributed by atoms with van der Waals surface area (Å²) in [5.74, 6) is 0.865. The highest BCUT2D eigenvalue weighted by atomic mass is 16.5. The topological polar surface area (TPSA) is 58.6 Å². The summed E-state index contributed by atoms with van der Waals surface area (Å²) in [5, 5.41) is 2.35. The molecule has 1 N–H and O–H groups in total. The largest absolute Gasteiger partial charge is 0.496 e. The van der Waals surface area contributed by atoms with Crippen molar-refractivity contribution in [2.45, 2.75) is 33.1 Å². The van der Waals surface area contributed by atoms with Gasteiger partial charge in [-0.1, -0.05) is 13.8 Å². The highest BCUT2D eigenvalue weighted by Crippen LogP contribution is 2.34. The lowest BCUT2D eigenvalue weighted by Gasteiger charge is -2.29. The highest BCUT2D eigenvalue weighted by Gasteiger charge is 2.26. The van der Waals surface area contributed by atoms with Crippen LogP contribution in [0.5, 0.6) is 5.75 Å². The van der Waals surface area contributed by atoms with Crippen molar-refractivity contribution in [3.05, 3.63) is 23.3 Å². The number of ether oxygens (including phenoxy) is 1. The van der Waals surface area contributed by atoms with Crippen LogP contribution in [0.3, 0.4) is 0 Å². The molecular formula is C15H20N2O3. The smallest absolute Gasteiger partial charge is 0.328 e. The number of anilines is 1. The van der Waals surface area contributed by atoms with Gasteiger partial charge < -0.3 is 4.74 Å². The van der Waals surface area contributed by atoms with Crippen molar-refractivity contribution in [3.8, 4) is 5.75 Å². The maximum atomic E-state index is 12.0. The molecule has 1 aromatic rings. The third-order valence-corrected chi connectivity index (χ3v) is 3.59. The maximum absolute atomic E-state index is 12.0. The monoisotopic (exact) mass is 276 g/mol. The Morgan fingerprint density at radius 1 is 1.30 bits per heavy atom. The number of benzene rings is 1. The Bertz CT molecular complexity index is 552. The van der Waals surface area contributed by atoms with Crippen LogP contribution >= 0.6 is 0 Å². The second-order valence-corrected chi connectivity index (χ2v) is 5.28. The van der Waals surface area contributed by atoms with Crippen molar-refractivity contribution >= 4 is 17.6 Å². The molecule has 0 aliphatic carbocycles. The third kappa shape index (κ3) is 2.61. The van der Waals surface area contributed by atoms with E-state index in [0.29, 0.717) is 18.9 Å². The molecule has 5 nitrogen and oxygen atoms in total. The van der Waals surface area contributed by atoms with Crippen LogP contribution in [-0.2, 0) is 4.79 Å². The first kappa shape index (κ1) is 14.4.